The fourth-order valence-electron chi connectivity index (χ4n) is 6.55. The van der Waals surface area contributed by atoms with Crippen LogP contribution < -0.4 is 0 Å². The number of amides is 1. The fraction of sp³-hybridized carbons (Fsp3) is 0.714. The van der Waals surface area contributed by atoms with E-state index in [9.17, 15) is 13.6 Å². The predicted octanol–water partition coefficient (Wildman–Crippen LogP) is 6.11. The maximum atomic E-state index is 13.3. The first-order valence-electron chi connectivity index (χ1n) is 13.8. The number of aryl methyl sites for hydroxylation is 1. The molecule has 1 aliphatic heterocycles. The van der Waals surface area contributed by atoms with E-state index in [0.717, 1.165) is 54.6 Å². The lowest BCUT2D eigenvalue weighted by atomic mass is 9.88. The minimum absolute atomic E-state index is 0.167. The second kappa shape index (κ2) is 10.5. The molecule has 5 nitrogen and oxygen atoms in total. The first kappa shape index (κ1) is 24.7. The van der Waals surface area contributed by atoms with Gasteiger partial charge >= 0.3 is 0 Å². The molecule has 2 heterocycles. The number of fused-ring (bicyclic) bond motifs is 1. The van der Waals surface area contributed by atoms with Crippen molar-refractivity contribution in [3.63, 3.8) is 0 Å². The zero-order valence-electron chi connectivity index (χ0n) is 21.2. The first-order valence-corrected chi connectivity index (χ1v) is 13.8. The monoisotopic (exact) mass is 486 g/mol. The number of hydrogen-bond donors (Lipinski definition) is 0. The van der Waals surface area contributed by atoms with E-state index in [4.69, 9.17) is 4.98 Å². The van der Waals surface area contributed by atoms with Crippen LogP contribution in [-0.2, 0) is 17.9 Å². The van der Waals surface area contributed by atoms with Crippen LogP contribution >= 0.6 is 0 Å². The molecule has 5 rings (SSSR count). The van der Waals surface area contributed by atoms with Crippen molar-refractivity contribution in [1.82, 2.24) is 19.4 Å². The molecular weight excluding hydrogens is 446 g/mol. The third-order valence-electron chi connectivity index (χ3n) is 8.35. The van der Waals surface area contributed by atoms with Gasteiger partial charge < -0.3 is 9.47 Å². The molecule has 2 aliphatic carbocycles. The van der Waals surface area contributed by atoms with Crippen LogP contribution in [0.15, 0.2) is 18.2 Å². The molecule has 0 spiro atoms. The molecule has 2 saturated carbocycles. The highest BCUT2D eigenvalue weighted by atomic mass is 19.3. The number of rotatable bonds is 8. The zero-order chi connectivity index (χ0) is 24.4. The van der Waals surface area contributed by atoms with Crippen LogP contribution in [0, 0.1) is 0 Å². The molecule has 0 radical (unpaired) electrons. The lowest BCUT2D eigenvalue weighted by Gasteiger charge is -2.38. The number of alkyl halides is 2. The van der Waals surface area contributed by atoms with Gasteiger partial charge in [-0.05, 0) is 50.3 Å². The van der Waals surface area contributed by atoms with Crippen molar-refractivity contribution in [2.75, 3.05) is 19.6 Å². The lowest BCUT2D eigenvalue weighted by molar-refractivity contribution is -0.134. The number of carbonyl (C=O) groups excluding carboxylic acids is 1. The summed E-state index contributed by atoms with van der Waals surface area (Å²) in [5.41, 5.74) is 3.03. The Kier molecular flexibility index (Phi) is 7.42. The molecule has 192 valence electrons. The molecule has 1 aromatic carbocycles. The molecule has 0 bridgehead atoms. The van der Waals surface area contributed by atoms with Crippen LogP contribution in [0.4, 0.5) is 8.78 Å². The highest BCUT2D eigenvalue weighted by Gasteiger charge is 2.43. The standard InChI is InChI=1S/C28H40F2N4O/c1-2-33(23-11-7-4-8-12-23)26(35)15-16-34-25-17-21(18-32-19-28(29,30)20-32)13-14-24(25)31-27(34)22-9-5-3-6-10-22/h13-14,17,22-23H,2-12,15-16,18-20H2,1H3. The molecule has 3 fully saturated rings. The summed E-state index contributed by atoms with van der Waals surface area (Å²) >= 11 is 0. The Bertz CT molecular complexity index is 1020. The number of likely N-dealkylation sites (tertiary alicyclic amines) is 1. The van der Waals surface area contributed by atoms with E-state index >= 15 is 0 Å². The van der Waals surface area contributed by atoms with Gasteiger partial charge in [0.15, 0.2) is 0 Å². The molecule has 0 N–H and O–H groups in total. The molecule has 3 aliphatic rings. The van der Waals surface area contributed by atoms with Gasteiger partial charge in [0, 0.05) is 38.0 Å². The minimum Gasteiger partial charge on any atom is -0.340 e. The number of imidazole rings is 1. The molecule has 0 unspecified atom stereocenters. The van der Waals surface area contributed by atoms with Crippen LogP contribution in [0.3, 0.4) is 0 Å². The molecule has 0 atom stereocenters. The number of hydrogen-bond acceptors (Lipinski definition) is 3. The van der Waals surface area contributed by atoms with Gasteiger partial charge in [-0.25, -0.2) is 13.8 Å². The molecule has 1 amide bonds. The van der Waals surface area contributed by atoms with E-state index in [-0.39, 0.29) is 19.0 Å². The minimum atomic E-state index is -2.55. The second-order valence-electron chi connectivity index (χ2n) is 11.0. The summed E-state index contributed by atoms with van der Waals surface area (Å²) in [6.45, 7) is 3.70. The average Bonchev–Trinajstić information content (AvgIpc) is 3.21. The Labute approximate surface area is 207 Å². The van der Waals surface area contributed by atoms with Crippen molar-refractivity contribution in [2.24, 2.45) is 0 Å². The molecular formula is C28H40F2N4O. The van der Waals surface area contributed by atoms with Gasteiger partial charge in [0.05, 0.1) is 24.1 Å². The Balaban J connectivity index is 1.37. The lowest BCUT2D eigenvalue weighted by Crippen LogP contribution is -2.55. The van der Waals surface area contributed by atoms with Crippen molar-refractivity contribution in [3.05, 3.63) is 29.6 Å². The van der Waals surface area contributed by atoms with Gasteiger partial charge in [0.25, 0.3) is 5.92 Å². The summed E-state index contributed by atoms with van der Waals surface area (Å²) in [7, 11) is 0. The number of halogens is 2. The maximum absolute atomic E-state index is 13.3. The highest BCUT2D eigenvalue weighted by Crippen LogP contribution is 2.35. The van der Waals surface area contributed by atoms with Crippen molar-refractivity contribution in [1.29, 1.82) is 0 Å². The molecule has 1 saturated heterocycles. The molecule has 2 aromatic rings. The summed E-state index contributed by atoms with van der Waals surface area (Å²) in [5, 5.41) is 0. The SMILES string of the molecule is CCN(C(=O)CCn1c(C2CCCCC2)nc2ccc(CN3CC(F)(F)C3)cc21)C1CCCCC1. The largest absolute Gasteiger partial charge is 0.340 e. The van der Waals surface area contributed by atoms with Crippen molar-refractivity contribution in [3.8, 4) is 0 Å². The van der Waals surface area contributed by atoms with E-state index in [0.29, 0.717) is 31.5 Å². The van der Waals surface area contributed by atoms with Crippen molar-refractivity contribution < 1.29 is 13.6 Å². The average molecular weight is 487 g/mol. The van der Waals surface area contributed by atoms with Gasteiger partial charge in [-0.1, -0.05) is 44.6 Å². The molecule has 35 heavy (non-hydrogen) atoms. The Morgan fingerprint density at radius 2 is 1.74 bits per heavy atom. The van der Waals surface area contributed by atoms with Crippen LogP contribution in [0.1, 0.15) is 94.9 Å². The third kappa shape index (κ3) is 5.55. The van der Waals surface area contributed by atoms with E-state index in [1.807, 2.05) is 12.1 Å². The van der Waals surface area contributed by atoms with Gasteiger partial charge in [-0.3, -0.25) is 9.69 Å². The van der Waals surface area contributed by atoms with E-state index in [2.05, 4.69) is 22.5 Å². The zero-order valence-corrected chi connectivity index (χ0v) is 21.2. The first-order chi connectivity index (χ1) is 16.9. The van der Waals surface area contributed by atoms with Crippen molar-refractivity contribution in [2.45, 2.75) is 109 Å². The molecule has 1 aromatic heterocycles. The third-order valence-corrected chi connectivity index (χ3v) is 8.35. The Morgan fingerprint density at radius 1 is 1.06 bits per heavy atom. The fourth-order valence-corrected chi connectivity index (χ4v) is 6.55. The molecule has 7 heteroatoms. The van der Waals surface area contributed by atoms with Crippen LogP contribution in [0.5, 0.6) is 0 Å². The Morgan fingerprint density at radius 3 is 2.40 bits per heavy atom. The predicted molar refractivity (Wildman–Crippen MR) is 135 cm³/mol. The van der Waals surface area contributed by atoms with Crippen LogP contribution in [0.2, 0.25) is 0 Å². The van der Waals surface area contributed by atoms with Gasteiger partial charge in [-0.15, -0.1) is 0 Å². The van der Waals surface area contributed by atoms with E-state index in [1.165, 1.54) is 38.5 Å². The summed E-state index contributed by atoms with van der Waals surface area (Å²) in [5.74, 6) is -0.760. The second-order valence-corrected chi connectivity index (χ2v) is 11.0. The van der Waals surface area contributed by atoms with Crippen molar-refractivity contribution >= 4 is 16.9 Å². The number of aromatic nitrogens is 2. The Hall–Kier alpha value is -2.02. The van der Waals surface area contributed by atoms with Gasteiger partial charge in [0.2, 0.25) is 5.91 Å². The summed E-state index contributed by atoms with van der Waals surface area (Å²) in [6.07, 6.45) is 12.5. The maximum Gasteiger partial charge on any atom is 0.272 e. The highest BCUT2D eigenvalue weighted by molar-refractivity contribution is 5.79. The van der Waals surface area contributed by atoms with Gasteiger partial charge in [0.1, 0.15) is 5.82 Å². The smallest absolute Gasteiger partial charge is 0.272 e. The topological polar surface area (TPSA) is 41.4 Å². The van der Waals surface area contributed by atoms with Gasteiger partial charge in [-0.2, -0.15) is 0 Å². The normalized spacial score (nSPS) is 21.8. The summed E-state index contributed by atoms with van der Waals surface area (Å²) in [4.78, 5) is 22.3. The number of nitrogens with zero attached hydrogens (tertiary/aromatic N) is 4. The van der Waals surface area contributed by atoms with E-state index in [1.54, 1.807) is 4.90 Å². The van der Waals surface area contributed by atoms with Crippen LogP contribution in [-0.4, -0.2) is 56.9 Å². The quantitative estimate of drug-likeness (QED) is 0.452. The van der Waals surface area contributed by atoms with Crippen LogP contribution in [0.25, 0.3) is 11.0 Å². The number of carbonyl (C=O) groups is 1. The van der Waals surface area contributed by atoms with E-state index < -0.39 is 5.92 Å². The summed E-state index contributed by atoms with van der Waals surface area (Å²) < 4.78 is 28.9. The number of benzene rings is 1. The summed E-state index contributed by atoms with van der Waals surface area (Å²) in [6, 6.07) is 6.57.